The lowest BCUT2D eigenvalue weighted by Gasteiger charge is -2.50. The fourth-order valence-corrected chi connectivity index (χ4v) is 5.49. The number of aromatic amines is 1. The Labute approximate surface area is 172 Å². The van der Waals surface area contributed by atoms with Crippen LogP contribution in [-0.4, -0.2) is 30.6 Å². The Bertz CT molecular complexity index is 1000. The first-order chi connectivity index (χ1) is 13.5. The van der Waals surface area contributed by atoms with Crippen molar-refractivity contribution in [3.05, 3.63) is 71.2 Å². The van der Waals surface area contributed by atoms with Gasteiger partial charge in [0.1, 0.15) is 11.4 Å². The molecule has 4 heteroatoms. The summed E-state index contributed by atoms with van der Waals surface area (Å²) >= 11 is 0. The highest BCUT2D eigenvalue weighted by atomic mass is 19.1. The molecule has 2 aliphatic rings. The third-order valence-electron chi connectivity index (χ3n) is 7.11. The molecule has 0 bridgehead atoms. The molecule has 0 amide bonds. The van der Waals surface area contributed by atoms with Crippen molar-refractivity contribution in [3.8, 4) is 0 Å². The third-order valence-corrected chi connectivity index (χ3v) is 7.11. The van der Waals surface area contributed by atoms with Crippen LogP contribution in [0.15, 0.2) is 48.5 Å². The summed E-state index contributed by atoms with van der Waals surface area (Å²) < 4.78 is 20.3. The summed E-state index contributed by atoms with van der Waals surface area (Å²) in [7, 11) is 4.37. The second kappa shape index (κ2) is 7.26. The van der Waals surface area contributed by atoms with Gasteiger partial charge in [0, 0.05) is 16.4 Å². The maximum atomic E-state index is 13.8. The molecular weight excluding hydrogens is 363 g/mol. The first kappa shape index (κ1) is 20.1. The van der Waals surface area contributed by atoms with Gasteiger partial charge in [-0.25, -0.2) is 4.39 Å². The van der Waals surface area contributed by atoms with Gasteiger partial charge in [0.05, 0.1) is 12.3 Å². The van der Waals surface area contributed by atoms with E-state index in [9.17, 15) is 4.39 Å². The van der Waals surface area contributed by atoms with Crippen molar-refractivity contribution in [2.24, 2.45) is 0 Å². The average molecular weight is 395 g/mol. The number of aromatic nitrogens is 1. The number of nitrogens with one attached hydrogen (secondary N) is 1. The zero-order valence-corrected chi connectivity index (χ0v) is 16.6. The Morgan fingerprint density at radius 2 is 1.72 bits per heavy atom. The van der Waals surface area contributed by atoms with Gasteiger partial charge in [0.2, 0.25) is 0 Å². The van der Waals surface area contributed by atoms with Crippen molar-refractivity contribution in [3.63, 3.8) is 0 Å². The molecule has 0 unspecified atom stereocenters. The van der Waals surface area contributed by atoms with Gasteiger partial charge in [-0.1, -0.05) is 37.8 Å². The van der Waals surface area contributed by atoms with Crippen LogP contribution in [0.2, 0.25) is 0 Å². The summed E-state index contributed by atoms with van der Waals surface area (Å²) in [6.07, 6.45) is 4.84. The Morgan fingerprint density at radius 3 is 2.41 bits per heavy atom. The SMILES string of the molecule is C.CN(C)C1(c2ccccc2)CCC2(CC1)OCCc1c2[nH]c2ccc(F)cc12. The molecule has 1 fully saturated rings. The van der Waals surface area contributed by atoms with Crippen LogP contribution in [0.1, 0.15) is 49.9 Å². The van der Waals surface area contributed by atoms with Crippen molar-refractivity contribution in [2.45, 2.75) is 50.7 Å². The van der Waals surface area contributed by atoms with E-state index in [2.05, 4.69) is 54.3 Å². The van der Waals surface area contributed by atoms with Crippen molar-refractivity contribution >= 4 is 10.9 Å². The summed E-state index contributed by atoms with van der Waals surface area (Å²) in [5.41, 5.74) is 4.58. The number of H-pyrrole nitrogens is 1. The first-order valence-corrected chi connectivity index (χ1v) is 10.2. The van der Waals surface area contributed by atoms with Crippen molar-refractivity contribution in [1.82, 2.24) is 9.88 Å². The quantitative estimate of drug-likeness (QED) is 0.600. The molecule has 29 heavy (non-hydrogen) atoms. The van der Waals surface area contributed by atoms with Crippen LogP contribution in [0, 0.1) is 5.82 Å². The predicted octanol–water partition coefficient (Wildman–Crippen LogP) is 5.74. The van der Waals surface area contributed by atoms with E-state index in [1.165, 1.54) is 22.9 Å². The zero-order chi connectivity index (χ0) is 19.4. The summed E-state index contributed by atoms with van der Waals surface area (Å²) in [6, 6.07) is 15.9. The van der Waals surface area contributed by atoms with Gasteiger partial charge in [0.25, 0.3) is 0 Å². The molecule has 0 saturated heterocycles. The monoisotopic (exact) mass is 394 g/mol. The smallest absolute Gasteiger partial charge is 0.123 e. The minimum Gasteiger partial charge on any atom is -0.368 e. The van der Waals surface area contributed by atoms with Crippen LogP contribution in [0.5, 0.6) is 0 Å². The van der Waals surface area contributed by atoms with E-state index in [1.54, 1.807) is 6.07 Å². The van der Waals surface area contributed by atoms with Gasteiger partial charge in [-0.15, -0.1) is 0 Å². The van der Waals surface area contributed by atoms with Crippen LogP contribution in [0.4, 0.5) is 4.39 Å². The Morgan fingerprint density at radius 1 is 1.00 bits per heavy atom. The fraction of sp³-hybridized carbons (Fsp3) is 0.440. The van der Waals surface area contributed by atoms with Crippen molar-refractivity contribution in [1.29, 1.82) is 0 Å². The molecule has 0 atom stereocenters. The summed E-state index contributed by atoms with van der Waals surface area (Å²) in [4.78, 5) is 5.97. The van der Waals surface area contributed by atoms with E-state index in [0.717, 1.165) is 43.0 Å². The molecule has 2 heterocycles. The lowest BCUT2D eigenvalue weighted by molar-refractivity contribution is -0.113. The van der Waals surface area contributed by atoms with Crippen molar-refractivity contribution in [2.75, 3.05) is 20.7 Å². The molecule has 0 radical (unpaired) electrons. The largest absolute Gasteiger partial charge is 0.368 e. The number of halogens is 1. The van der Waals surface area contributed by atoms with E-state index in [-0.39, 0.29) is 24.4 Å². The van der Waals surface area contributed by atoms with Crippen LogP contribution >= 0.6 is 0 Å². The van der Waals surface area contributed by atoms with Gasteiger partial charge in [0.15, 0.2) is 0 Å². The van der Waals surface area contributed by atoms with Crippen LogP contribution in [-0.2, 0) is 22.3 Å². The van der Waals surface area contributed by atoms with E-state index in [1.807, 2.05) is 6.07 Å². The summed E-state index contributed by atoms with van der Waals surface area (Å²) in [6.45, 7) is 0.705. The van der Waals surface area contributed by atoms with E-state index in [0.29, 0.717) is 6.61 Å². The Hall–Kier alpha value is -2.17. The molecule has 1 aliphatic heterocycles. The van der Waals surface area contributed by atoms with Crippen molar-refractivity contribution < 1.29 is 9.13 Å². The zero-order valence-electron chi connectivity index (χ0n) is 16.6. The molecule has 1 aliphatic carbocycles. The lowest BCUT2D eigenvalue weighted by atomic mass is 9.68. The molecule has 1 spiro atoms. The minimum absolute atomic E-state index is 0. The molecular formula is C25H31FN2O. The van der Waals surface area contributed by atoms with E-state index in [4.69, 9.17) is 4.74 Å². The highest BCUT2D eigenvalue weighted by molar-refractivity contribution is 5.85. The van der Waals surface area contributed by atoms with Crippen LogP contribution < -0.4 is 0 Å². The standard InChI is InChI=1S/C24H27FN2O.CH4/c1-27(2)23(17-6-4-3-5-7-17)11-13-24(14-12-23)22-19(10-15-28-24)20-16-18(25)8-9-21(20)26-22;/h3-9,16,26H,10-15H2,1-2H3;1H4. The number of ether oxygens (including phenoxy) is 1. The van der Waals surface area contributed by atoms with E-state index < -0.39 is 0 Å². The lowest BCUT2D eigenvalue weighted by Crippen LogP contribution is -2.50. The molecule has 3 nitrogen and oxygen atoms in total. The van der Waals surface area contributed by atoms with Gasteiger partial charge in [-0.2, -0.15) is 0 Å². The average Bonchev–Trinajstić information content (AvgIpc) is 3.09. The first-order valence-electron chi connectivity index (χ1n) is 10.2. The normalized spacial score (nSPS) is 26.5. The summed E-state index contributed by atoms with van der Waals surface area (Å²) in [5, 5.41) is 1.02. The van der Waals surface area contributed by atoms with Crippen LogP contribution in [0.3, 0.4) is 0 Å². The number of benzene rings is 2. The predicted molar refractivity (Wildman–Crippen MR) is 117 cm³/mol. The van der Waals surface area contributed by atoms with Gasteiger partial charge in [-0.3, -0.25) is 4.90 Å². The molecule has 154 valence electrons. The highest BCUT2D eigenvalue weighted by Gasteiger charge is 2.49. The number of fused-ring (bicyclic) bond motifs is 4. The minimum atomic E-state index is -0.280. The highest BCUT2D eigenvalue weighted by Crippen LogP contribution is 2.52. The number of rotatable bonds is 2. The topological polar surface area (TPSA) is 28.3 Å². The fourth-order valence-electron chi connectivity index (χ4n) is 5.49. The van der Waals surface area contributed by atoms with Crippen LogP contribution in [0.25, 0.3) is 10.9 Å². The second-order valence-corrected chi connectivity index (χ2v) is 8.55. The van der Waals surface area contributed by atoms with E-state index >= 15 is 0 Å². The second-order valence-electron chi connectivity index (χ2n) is 8.55. The van der Waals surface area contributed by atoms with Gasteiger partial charge in [-0.05, 0) is 75.5 Å². The maximum absolute atomic E-state index is 13.8. The molecule has 1 N–H and O–H groups in total. The third kappa shape index (κ3) is 3.01. The van der Waals surface area contributed by atoms with Gasteiger partial charge >= 0.3 is 0 Å². The molecule has 1 aromatic heterocycles. The Balaban J connectivity index is 0.00000205. The number of nitrogens with zero attached hydrogens (tertiary/aromatic N) is 1. The molecule has 3 aromatic rings. The van der Waals surface area contributed by atoms with Gasteiger partial charge < -0.3 is 9.72 Å². The maximum Gasteiger partial charge on any atom is 0.123 e. The number of hydrogen-bond acceptors (Lipinski definition) is 2. The molecule has 5 rings (SSSR count). The summed E-state index contributed by atoms with van der Waals surface area (Å²) in [5.74, 6) is -0.172. The number of hydrogen-bond donors (Lipinski definition) is 1. The molecule has 2 aromatic carbocycles. The molecule has 1 saturated carbocycles. The Kier molecular flexibility index (Phi) is 5.04.